The van der Waals surface area contributed by atoms with Gasteiger partial charge >= 0.3 is 0 Å². The minimum atomic E-state index is -0.116. The Balaban J connectivity index is 2.07. The summed E-state index contributed by atoms with van der Waals surface area (Å²) in [4.78, 5) is 16.3. The normalized spacial score (nSPS) is 24.4. The molecule has 0 aromatic rings. The third-order valence-corrected chi connectivity index (χ3v) is 4.19. The first-order valence-electron chi connectivity index (χ1n) is 7.64. The van der Waals surface area contributed by atoms with Gasteiger partial charge in [-0.05, 0) is 25.7 Å². The van der Waals surface area contributed by atoms with Gasteiger partial charge in [-0.1, -0.05) is 6.92 Å². The number of rotatable bonds is 3. The van der Waals surface area contributed by atoms with Crippen molar-refractivity contribution in [1.82, 2.24) is 15.1 Å². The maximum atomic E-state index is 12.4. The lowest BCUT2D eigenvalue weighted by Crippen LogP contribution is -2.47. The molecule has 0 bridgehead atoms. The summed E-state index contributed by atoms with van der Waals surface area (Å²) in [7, 11) is 0. The van der Waals surface area contributed by atoms with Crippen molar-refractivity contribution in [1.29, 1.82) is 5.26 Å². The lowest BCUT2D eigenvalue weighted by molar-refractivity contribution is -0.127. The Morgan fingerprint density at radius 3 is 2.75 bits per heavy atom. The predicted molar refractivity (Wildman–Crippen MR) is 77.8 cm³/mol. The third-order valence-electron chi connectivity index (χ3n) is 4.19. The van der Waals surface area contributed by atoms with Crippen LogP contribution in [-0.2, 0) is 4.79 Å². The molecule has 5 nitrogen and oxygen atoms in total. The van der Waals surface area contributed by atoms with E-state index in [0.29, 0.717) is 19.1 Å². The summed E-state index contributed by atoms with van der Waals surface area (Å²) in [6.07, 6.45) is 6.42. The van der Waals surface area contributed by atoms with Crippen LogP contribution in [0, 0.1) is 11.3 Å². The fraction of sp³-hybridized carbons (Fsp3) is 0.733. The highest BCUT2D eigenvalue weighted by Crippen LogP contribution is 2.20. The van der Waals surface area contributed by atoms with Gasteiger partial charge in [-0.2, -0.15) is 5.26 Å². The molecule has 2 saturated heterocycles. The Hall–Kier alpha value is -1.54. The van der Waals surface area contributed by atoms with E-state index in [-0.39, 0.29) is 11.5 Å². The summed E-state index contributed by atoms with van der Waals surface area (Å²) in [5.74, 6) is -0.116. The fourth-order valence-electron chi connectivity index (χ4n) is 2.97. The molecule has 2 aliphatic rings. The van der Waals surface area contributed by atoms with E-state index >= 15 is 0 Å². The Kier molecular flexibility index (Phi) is 5.42. The monoisotopic (exact) mass is 276 g/mol. The van der Waals surface area contributed by atoms with Crippen LogP contribution in [0.2, 0.25) is 0 Å². The van der Waals surface area contributed by atoms with Crippen LogP contribution >= 0.6 is 0 Å². The van der Waals surface area contributed by atoms with E-state index < -0.39 is 0 Å². The molecule has 0 aliphatic carbocycles. The van der Waals surface area contributed by atoms with Crippen LogP contribution in [0.15, 0.2) is 11.8 Å². The highest BCUT2D eigenvalue weighted by molar-refractivity contribution is 5.97. The summed E-state index contributed by atoms with van der Waals surface area (Å²) < 4.78 is 0. The number of piperidine rings is 1. The van der Waals surface area contributed by atoms with Gasteiger partial charge in [-0.25, -0.2) is 0 Å². The number of piperazine rings is 1. The van der Waals surface area contributed by atoms with E-state index in [9.17, 15) is 10.1 Å². The molecule has 1 N–H and O–H groups in total. The molecule has 1 amide bonds. The minimum absolute atomic E-state index is 0.116. The standard InChI is InChI=1S/C15H24N4O/c1-2-14-5-3-4-8-19(14)12-13(11-16)15(20)18-9-6-17-7-10-18/h12,14,17H,2-10H2,1H3/b13-12-. The van der Waals surface area contributed by atoms with Gasteiger partial charge in [-0.15, -0.1) is 0 Å². The van der Waals surface area contributed by atoms with Crippen LogP contribution < -0.4 is 5.32 Å². The van der Waals surface area contributed by atoms with E-state index in [1.54, 1.807) is 11.1 Å². The van der Waals surface area contributed by atoms with Crippen molar-refractivity contribution in [3.63, 3.8) is 0 Å². The smallest absolute Gasteiger partial charge is 0.266 e. The zero-order valence-corrected chi connectivity index (χ0v) is 12.3. The molecule has 2 heterocycles. The van der Waals surface area contributed by atoms with Crippen LogP contribution in [0.4, 0.5) is 0 Å². The Labute approximate surface area is 121 Å². The molecule has 20 heavy (non-hydrogen) atoms. The lowest BCUT2D eigenvalue weighted by atomic mass is 10.0. The molecule has 2 aliphatic heterocycles. The fourth-order valence-corrected chi connectivity index (χ4v) is 2.97. The Morgan fingerprint density at radius 1 is 1.35 bits per heavy atom. The Bertz CT molecular complexity index is 407. The molecular formula is C15H24N4O. The largest absolute Gasteiger partial charge is 0.373 e. The van der Waals surface area contributed by atoms with Crippen molar-refractivity contribution in [2.45, 2.75) is 38.6 Å². The van der Waals surface area contributed by atoms with E-state index in [1.165, 1.54) is 6.42 Å². The second-order valence-electron chi connectivity index (χ2n) is 5.49. The summed E-state index contributed by atoms with van der Waals surface area (Å²) >= 11 is 0. The number of likely N-dealkylation sites (tertiary alicyclic amines) is 1. The van der Waals surface area contributed by atoms with Gasteiger partial charge < -0.3 is 15.1 Å². The average Bonchev–Trinajstić information content (AvgIpc) is 2.53. The topological polar surface area (TPSA) is 59.4 Å². The molecule has 1 atom stereocenters. The molecule has 0 spiro atoms. The van der Waals surface area contributed by atoms with Crippen LogP contribution in [-0.4, -0.2) is 54.5 Å². The number of hydrogen-bond acceptors (Lipinski definition) is 4. The minimum Gasteiger partial charge on any atom is -0.373 e. The number of nitrogens with zero attached hydrogens (tertiary/aromatic N) is 3. The van der Waals surface area contributed by atoms with Crippen molar-refractivity contribution in [2.24, 2.45) is 0 Å². The number of carbonyl (C=O) groups excluding carboxylic acids is 1. The molecular weight excluding hydrogens is 252 g/mol. The molecule has 2 fully saturated rings. The van der Waals surface area contributed by atoms with Crippen molar-refractivity contribution < 1.29 is 4.79 Å². The molecule has 0 radical (unpaired) electrons. The molecule has 5 heteroatoms. The van der Waals surface area contributed by atoms with Crippen molar-refractivity contribution in [3.05, 3.63) is 11.8 Å². The van der Waals surface area contributed by atoms with Crippen molar-refractivity contribution in [3.8, 4) is 6.07 Å². The number of carbonyl (C=O) groups is 1. The van der Waals surface area contributed by atoms with Crippen molar-refractivity contribution >= 4 is 5.91 Å². The van der Waals surface area contributed by atoms with Gasteiger partial charge in [0.05, 0.1) is 0 Å². The second-order valence-corrected chi connectivity index (χ2v) is 5.49. The number of nitrogens with one attached hydrogen (secondary N) is 1. The van der Waals surface area contributed by atoms with Crippen LogP contribution in [0.25, 0.3) is 0 Å². The molecule has 1 unspecified atom stereocenters. The lowest BCUT2D eigenvalue weighted by Gasteiger charge is -2.35. The summed E-state index contributed by atoms with van der Waals surface area (Å²) in [5.41, 5.74) is 0.284. The molecule has 2 rings (SSSR count). The number of amides is 1. The van der Waals surface area contributed by atoms with E-state index in [0.717, 1.165) is 38.9 Å². The van der Waals surface area contributed by atoms with Crippen LogP contribution in [0.1, 0.15) is 32.6 Å². The van der Waals surface area contributed by atoms with Crippen molar-refractivity contribution in [2.75, 3.05) is 32.7 Å². The Morgan fingerprint density at radius 2 is 2.10 bits per heavy atom. The van der Waals surface area contributed by atoms with Gasteiger partial charge in [-0.3, -0.25) is 4.79 Å². The van der Waals surface area contributed by atoms with E-state index in [2.05, 4.69) is 23.2 Å². The molecule has 110 valence electrons. The average molecular weight is 276 g/mol. The van der Waals surface area contributed by atoms with Crippen LogP contribution in [0.5, 0.6) is 0 Å². The van der Waals surface area contributed by atoms with E-state index in [1.807, 2.05) is 0 Å². The highest BCUT2D eigenvalue weighted by Gasteiger charge is 2.23. The van der Waals surface area contributed by atoms with Gasteiger partial charge in [0.2, 0.25) is 0 Å². The maximum Gasteiger partial charge on any atom is 0.266 e. The van der Waals surface area contributed by atoms with Crippen LogP contribution in [0.3, 0.4) is 0 Å². The first-order valence-corrected chi connectivity index (χ1v) is 7.64. The molecule has 0 saturated carbocycles. The number of nitriles is 1. The van der Waals surface area contributed by atoms with Gasteiger partial charge in [0, 0.05) is 45.0 Å². The SMILES string of the molecule is CCC1CCCCN1/C=C(/C#N)C(=O)N1CCNCC1. The van der Waals surface area contributed by atoms with Gasteiger partial charge in [0.1, 0.15) is 11.6 Å². The molecule has 0 aromatic carbocycles. The summed E-state index contributed by atoms with van der Waals surface area (Å²) in [6, 6.07) is 2.57. The zero-order valence-electron chi connectivity index (χ0n) is 12.3. The second kappa shape index (κ2) is 7.30. The maximum absolute atomic E-state index is 12.4. The first kappa shape index (κ1) is 14.9. The predicted octanol–water partition coefficient (Wildman–Crippen LogP) is 1.09. The van der Waals surface area contributed by atoms with E-state index in [4.69, 9.17) is 0 Å². The summed E-state index contributed by atoms with van der Waals surface area (Å²) in [6.45, 7) is 6.13. The highest BCUT2D eigenvalue weighted by atomic mass is 16.2. The molecule has 0 aromatic heterocycles. The quantitative estimate of drug-likeness (QED) is 0.619. The van der Waals surface area contributed by atoms with Gasteiger partial charge in [0.15, 0.2) is 0 Å². The summed E-state index contributed by atoms with van der Waals surface area (Å²) in [5, 5.41) is 12.5. The third kappa shape index (κ3) is 3.51. The first-order chi connectivity index (χ1) is 9.76. The zero-order chi connectivity index (χ0) is 14.4. The van der Waals surface area contributed by atoms with Gasteiger partial charge in [0.25, 0.3) is 5.91 Å². The number of hydrogen-bond donors (Lipinski definition) is 1.